The fourth-order valence-electron chi connectivity index (χ4n) is 2.12. The molecule has 1 fully saturated rings. The van der Waals surface area contributed by atoms with Crippen molar-refractivity contribution >= 4 is 0 Å². The molecule has 0 atom stereocenters. The Bertz CT molecular complexity index is 346. The minimum atomic E-state index is -0.0380. The summed E-state index contributed by atoms with van der Waals surface area (Å²) in [5, 5.41) is 3.45. The molecule has 0 aliphatic heterocycles. The van der Waals surface area contributed by atoms with Gasteiger partial charge in [0, 0.05) is 6.04 Å². The predicted octanol–water partition coefficient (Wildman–Crippen LogP) is 3.13. The minimum absolute atomic E-state index is 0.0380. The molecule has 16 heavy (non-hydrogen) atoms. The normalized spacial score (nSPS) is 15.4. The fourth-order valence-corrected chi connectivity index (χ4v) is 2.12. The van der Waals surface area contributed by atoms with Crippen LogP contribution in [0.25, 0.3) is 0 Å². The molecule has 1 saturated carbocycles. The largest absolute Gasteiger partial charge is 0.314 e. The average Bonchev–Trinajstić information content (AvgIpc) is 2.98. The van der Waals surface area contributed by atoms with Gasteiger partial charge < -0.3 is 5.32 Å². The smallest absolute Gasteiger partial charge is 0.126 e. The second-order valence-electron chi connectivity index (χ2n) is 4.87. The summed E-state index contributed by atoms with van der Waals surface area (Å²) in [6, 6.07) is 4.45. The number of halogens is 1. The third-order valence-corrected chi connectivity index (χ3v) is 3.18. The minimum Gasteiger partial charge on any atom is -0.314 e. The van der Waals surface area contributed by atoms with Crippen molar-refractivity contribution in [2.75, 3.05) is 6.54 Å². The molecule has 88 valence electrons. The van der Waals surface area contributed by atoms with Crippen molar-refractivity contribution in [2.45, 2.75) is 45.6 Å². The van der Waals surface area contributed by atoms with E-state index in [9.17, 15) is 4.39 Å². The molecule has 0 unspecified atom stereocenters. The summed E-state index contributed by atoms with van der Waals surface area (Å²) >= 11 is 0. The van der Waals surface area contributed by atoms with Crippen molar-refractivity contribution in [3.63, 3.8) is 0 Å². The zero-order valence-electron chi connectivity index (χ0n) is 10.1. The third kappa shape index (κ3) is 3.05. The van der Waals surface area contributed by atoms with E-state index in [-0.39, 0.29) is 5.82 Å². The molecule has 0 saturated heterocycles. The van der Waals surface area contributed by atoms with E-state index >= 15 is 0 Å². The summed E-state index contributed by atoms with van der Waals surface area (Å²) in [6.07, 6.45) is 4.50. The van der Waals surface area contributed by atoms with Crippen molar-refractivity contribution in [3.05, 3.63) is 34.6 Å². The Hall–Kier alpha value is -0.890. The van der Waals surface area contributed by atoms with Gasteiger partial charge in [-0.3, -0.25) is 0 Å². The monoisotopic (exact) mass is 221 g/mol. The summed E-state index contributed by atoms with van der Waals surface area (Å²) < 4.78 is 13.7. The zero-order chi connectivity index (χ0) is 11.5. The van der Waals surface area contributed by atoms with Gasteiger partial charge in [-0.2, -0.15) is 0 Å². The second kappa shape index (κ2) is 4.96. The summed E-state index contributed by atoms with van der Waals surface area (Å²) in [5.74, 6) is -0.0380. The first-order valence-electron chi connectivity index (χ1n) is 6.16. The molecule has 1 N–H and O–H groups in total. The van der Waals surface area contributed by atoms with Gasteiger partial charge in [0.15, 0.2) is 0 Å². The number of aryl methyl sites for hydroxylation is 2. The van der Waals surface area contributed by atoms with Crippen LogP contribution in [0.15, 0.2) is 12.1 Å². The molecule has 0 radical (unpaired) electrons. The zero-order valence-corrected chi connectivity index (χ0v) is 10.1. The van der Waals surface area contributed by atoms with Crippen LogP contribution < -0.4 is 5.32 Å². The number of rotatable bonds is 5. The second-order valence-corrected chi connectivity index (χ2v) is 4.87. The van der Waals surface area contributed by atoms with Gasteiger partial charge in [0.1, 0.15) is 5.82 Å². The maximum Gasteiger partial charge on any atom is 0.126 e. The maximum absolute atomic E-state index is 13.7. The van der Waals surface area contributed by atoms with Crippen LogP contribution in [0.2, 0.25) is 0 Å². The van der Waals surface area contributed by atoms with Crippen molar-refractivity contribution < 1.29 is 4.39 Å². The van der Waals surface area contributed by atoms with Crippen molar-refractivity contribution in [2.24, 2.45) is 0 Å². The SMILES string of the molecule is Cc1cc(C)c(CCCNC2CC2)c(F)c1. The van der Waals surface area contributed by atoms with Crippen molar-refractivity contribution in [3.8, 4) is 0 Å². The van der Waals surface area contributed by atoms with E-state index in [1.165, 1.54) is 12.8 Å². The first-order valence-corrected chi connectivity index (χ1v) is 6.16. The van der Waals surface area contributed by atoms with E-state index < -0.39 is 0 Å². The Kier molecular flexibility index (Phi) is 3.59. The molecule has 0 spiro atoms. The molecule has 1 aliphatic carbocycles. The van der Waals surface area contributed by atoms with Crippen LogP contribution in [-0.2, 0) is 6.42 Å². The quantitative estimate of drug-likeness (QED) is 0.753. The van der Waals surface area contributed by atoms with Gasteiger partial charge in [-0.15, -0.1) is 0 Å². The van der Waals surface area contributed by atoms with Crippen LogP contribution >= 0.6 is 0 Å². The first-order chi connectivity index (χ1) is 7.66. The topological polar surface area (TPSA) is 12.0 Å². The lowest BCUT2D eigenvalue weighted by atomic mass is 10.0. The van der Waals surface area contributed by atoms with Gasteiger partial charge >= 0.3 is 0 Å². The number of hydrogen-bond donors (Lipinski definition) is 1. The highest BCUT2D eigenvalue weighted by Crippen LogP contribution is 2.19. The summed E-state index contributed by atoms with van der Waals surface area (Å²) in [5.41, 5.74) is 2.99. The van der Waals surface area contributed by atoms with Gasteiger partial charge in [-0.1, -0.05) is 6.07 Å². The fraction of sp³-hybridized carbons (Fsp3) is 0.571. The van der Waals surface area contributed by atoms with Gasteiger partial charge in [0.25, 0.3) is 0 Å². The molecule has 1 aromatic carbocycles. The van der Waals surface area contributed by atoms with Crippen LogP contribution in [0.5, 0.6) is 0 Å². The van der Waals surface area contributed by atoms with Crippen LogP contribution in [0.1, 0.15) is 36.0 Å². The Balaban J connectivity index is 1.87. The summed E-state index contributed by atoms with van der Waals surface area (Å²) in [4.78, 5) is 0. The lowest BCUT2D eigenvalue weighted by Gasteiger charge is -2.09. The molecular formula is C14H20FN. The van der Waals surface area contributed by atoms with E-state index in [2.05, 4.69) is 11.4 Å². The molecule has 0 aromatic heterocycles. The van der Waals surface area contributed by atoms with E-state index in [1.54, 1.807) is 6.07 Å². The Morgan fingerprint density at radius 3 is 2.69 bits per heavy atom. The van der Waals surface area contributed by atoms with E-state index in [0.29, 0.717) is 0 Å². The highest BCUT2D eigenvalue weighted by atomic mass is 19.1. The number of nitrogens with one attached hydrogen (secondary N) is 1. The van der Waals surface area contributed by atoms with E-state index in [0.717, 1.165) is 42.1 Å². The molecule has 2 heteroatoms. The lowest BCUT2D eigenvalue weighted by Crippen LogP contribution is -2.18. The Morgan fingerprint density at radius 2 is 2.06 bits per heavy atom. The highest BCUT2D eigenvalue weighted by molar-refractivity contribution is 5.32. The van der Waals surface area contributed by atoms with Gasteiger partial charge in [-0.25, -0.2) is 4.39 Å². The molecule has 1 aliphatic rings. The summed E-state index contributed by atoms with van der Waals surface area (Å²) in [6.45, 7) is 4.95. The predicted molar refractivity (Wildman–Crippen MR) is 65.2 cm³/mol. The van der Waals surface area contributed by atoms with Gasteiger partial charge in [0.05, 0.1) is 0 Å². The molecule has 0 amide bonds. The van der Waals surface area contributed by atoms with Crippen molar-refractivity contribution in [1.29, 1.82) is 0 Å². The lowest BCUT2D eigenvalue weighted by molar-refractivity contribution is 0.589. The standard InChI is InChI=1S/C14H20FN/c1-10-8-11(2)13(14(15)9-10)4-3-7-16-12-5-6-12/h8-9,12,16H,3-7H2,1-2H3. The molecule has 2 rings (SSSR count). The van der Waals surface area contributed by atoms with Crippen molar-refractivity contribution in [1.82, 2.24) is 5.32 Å². The summed E-state index contributed by atoms with van der Waals surface area (Å²) in [7, 11) is 0. The van der Waals surface area contributed by atoms with Crippen LogP contribution in [-0.4, -0.2) is 12.6 Å². The van der Waals surface area contributed by atoms with Crippen LogP contribution in [0, 0.1) is 19.7 Å². The Morgan fingerprint density at radius 1 is 1.31 bits per heavy atom. The number of benzene rings is 1. The molecule has 0 bridgehead atoms. The molecule has 1 nitrogen and oxygen atoms in total. The van der Waals surface area contributed by atoms with Crippen LogP contribution in [0.3, 0.4) is 0 Å². The number of hydrogen-bond acceptors (Lipinski definition) is 1. The first kappa shape index (κ1) is 11.6. The average molecular weight is 221 g/mol. The van der Waals surface area contributed by atoms with Crippen LogP contribution in [0.4, 0.5) is 4.39 Å². The third-order valence-electron chi connectivity index (χ3n) is 3.18. The van der Waals surface area contributed by atoms with Gasteiger partial charge in [-0.05, 0) is 68.8 Å². The van der Waals surface area contributed by atoms with Gasteiger partial charge in [0.2, 0.25) is 0 Å². The maximum atomic E-state index is 13.7. The Labute approximate surface area is 97.1 Å². The van der Waals surface area contributed by atoms with E-state index in [1.807, 2.05) is 13.8 Å². The highest BCUT2D eigenvalue weighted by Gasteiger charge is 2.19. The molecule has 1 aromatic rings. The van der Waals surface area contributed by atoms with E-state index in [4.69, 9.17) is 0 Å². The molecular weight excluding hydrogens is 201 g/mol. The molecule has 0 heterocycles.